The summed E-state index contributed by atoms with van der Waals surface area (Å²) >= 11 is 1.63. The monoisotopic (exact) mass is 321 g/mol. The minimum absolute atomic E-state index is 0.0833. The second-order valence-corrected chi connectivity index (χ2v) is 7.38. The number of aliphatic carboxylic acids is 1. The lowest BCUT2D eigenvalue weighted by atomic mass is 9.83. The van der Waals surface area contributed by atoms with Crippen molar-refractivity contribution >= 4 is 23.6 Å². The van der Waals surface area contributed by atoms with Crippen LogP contribution in [0.25, 0.3) is 0 Å². The molecule has 0 spiro atoms. The summed E-state index contributed by atoms with van der Waals surface area (Å²) in [6, 6.07) is 1.64. The van der Waals surface area contributed by atoms with E-state index in [0.717, 1.165) is 32.0 Å². The van der Waals surface area contributed by atoms with Gasteiger partial charge in [0.1, 0.15) is 12.3 Å². The largest absolute Gasteiger partial charge is 0.480 e. The Kier molecular flexibility index (Phi) is 4.93. The van der Waals surface area contributed by atoms with E-state index in [0.29, 0.717) is 13.1 Å². The van der Waals surface area contributed by atoms with E-state index in [1.807, 2.05) is 5.38 Å². The standard InChI is InChI=1S/C17H23NO3S/c19-10-14-8-18(9-15(14)13-6-7-22-11-13)16(17(20)21)12-4-2-1-3-5-12/h6-7,10-12,14-16H,1-5,8-9H2,(H,20,21). The number of thiophene rings is 1. The average molecular weight is 321 g/mol. The first-order valence-corrected chi connectivity index (χ1v) is 9.09. The molecule has 1 aliphatic heterocycles. The molecule has 1 saturated heterocycles. The normalized spacial score (nSPS) is 28.5. The van der Waals surface area contributed by atoms with Gasteiger partial charge in [-0.25, -0.2) is 0 Å². The summed E-state index contributed by atoms with van der Waals surface area (Å²) in [5.41, 5.74) is 1.18. The van der Waals surface area contributed by atoms with Crippen LogP contribution in [0.1, 0.15) is 43.6 Å². The molecule has 2 fully saturated rings. The number of rotatable bonds is 5. The molecule has 5 heteroatoms. The van der Waals surface area contributed by atoms with E-state index < -0.39 is 12.0 Å². The van der Waals surface area contributed by atoms with Crippen LogP contribution in [0.4, 0.5) is 0 Å². The van der Waals surface area contributed by atoms with Gasteiger partial charge < -0.3 is 9.90 Å². The summed E-state index contributed by atoms with van der Waals surface area (Å²) in [5, 5.41) is 13.8. The minimum Gasteiger partial charge on any atom is -0.480 e. The zero-order chi connectivity index (χ0) is 15.5. The van der Waals surface area contributed by atoms with E-state index >= 15 is 0 Å². The molecule has 4 nitrogen and oxygen atoms in total. The molecule has 2 aliphatic rings. The number of carbonyl (C=O) groups excluding carboxylic acids is 1. The van der Waals surface area contributed by atoms with E-state index in [9.17, 15) is 14.7 Å². The van der Waals surface area contributed by atoms with Crippen LogP contribution < -0.4 is 0 Å². The SMILES string of the molecule is O=CC1CN(C(C(=O)O)C2CCCCC2)CC1c1ccsc1. The predicted molar refractivity (Wildman–Crippen MR) is 86.2 cm³/mol. The highest BCUT2D eigenvalue weighted by Crippen LogP contribution is 2.37. The van der Waals surface area contributed by atoms with Gasteiger partial charge in [0.25, 0.3) is 0 Å². The lowest BCUT2D eigenvalue weighted by Gasteiger charge is -2.33. The molecule has 0 amide bonds. The Hall–Kier alpha value is -1.20. The lowest BCUT2D eigenvalue weighted by Crippen LogP contribution is -2.46. The predicted octanol–water partition coefficient (Wildman–Crippen LogP) is 3.00. The lowest BCUT2D eigenvalue weighted by molar-refractivity contribution is -0.145. The Labute approximate surface area is 135 Å². The third-order valence-corrected chi connectivity index (χ3v) is 5.98. The maximum atomic E-state index is 11.8. The van der Waals surface area contributed by atoms with Gasteiger partial charge in [-0.3, -0.25) is 9.69 Å². The molecule has 1 N–H and O–H groups in total. The molecule has 3 unspecified atom stereocenters. The van der Waals surface area contributed by atoms with Crippen molar-refractivity contribution in [1.29, 1.82) is 0 Å². The fourth-order valence-electron chi connectivity index (χ4n) is 4.17. The van der Waals surface area contributed by atoms with E-state index in [1.54, 1.807) is 11.3 Å². The van der Waals surface area contributed by atoms with Crippen molar-refractivity contribution in [3.05, 3.63) is 22.4 Å². The van der Waals surface area contributed by atoms with Crippen LogP contribution in [-0.4, -0.2) is 41.4 Å². The number of aldehydes is 1. The molecule has 1 saturated carbocycles. The van der Waals surface area contributed by atoms with Gasteiger partial charge in [-0.2, -0.15) is 11.3 Å². The molecule has 0 radical (unpaired) electrons. The Balaban J connectivity index is 1.77. The van der Waals surface area contributed by atoms with E-state index in [-0.39, 0.29) is 17.8 Å². The zero-order valence-corrected chi connectivity index (χ0v) is 13.5. The number of nitrogens with zero attached hydrogens (tertiary/aromatic N) is 1. The molecule has 3 atom stereocenters. The van der Waals surface area contributed by atoms with Crippen molar-refractivity contribution in [2.45, 2.75) is 44.1 Å². The number of carboxylic acid groups (broad SMARTS) is 1. The molecular formula is C17H23NO3S. The van der Waals surface area contributed by atoms with Gasteiger partial charge in [-0.15, -0.1) is 0 Å². The summed E-state index contributed by atoms with van der Waals surface area (Å²) in [5.74, 6) is -0.420. The first kappa shape index (κ1) is 15.7. The molecule has 2 heterocycles. The van der Waals surface area contributed by atoms with Crippen molar-refractivity contribution < 1.29 is 14.7 Å². The van der Waals surface area contributed by atoms with Crippen molar-refractivity contribution in [2.75, 3.05) is 13.1 Å². The fraction of sp³-hybridized carbons (Fsp3) is 0.647. The molecule has 1 aliphatic carbocycles. The van der Waals surface area contributed by atoms with Crippen molar-refractivity contribution in [3.8, 4) is 0 Å². The summed E-state index contributed by atoms with van der Waals surface area (Å²) in [6.07, 6.45) is 6.50. The molecular weight excluding hydrogens is 298 g/mol. The quantitative estimate of drug-likeness (QED) is 0.847. The van der Waals surface area contributed by atoms with Crippen LogP contribution in [0.5, 0.6) is 0 Å². The molecule has 1 aromatic rings. The molecule has 0 aromatic carbocycles. The first-order chi connectivity index (χ1) is 10.7. The van der Waals surface area contributed by atoms with Crippen molar-refractivity contribution in [1.82, 2.24) is 4.90 Å². The van der Waals surface area contributed by atoms with Crippen LogP contribution in [0.3, 0.4) is 0 Å². The Morgan fingerprint density at radius 1 is 1.32 bits per heavy atom. The number of hydrogen-bond acceptors (Lipinski definition) is 4. The van der Waals surface area contributed by atoms with Gasteiger partial charge in [-0.05, 0) is 41.1 Å². The van der Waals surface area contributed by atoms with Crippen LogP contribution in [-0.2, 0) is 9.59 Å². The van der Waals surface area contributed by atoms with Gasteiger partial charge >= 0.3 is 5.97 Å². The molecule has 1 aromatic heterocycles. The minimum atomic E-state index is -0.720. The summed E-state index contributed by atoms with van der Waals surface area (Å²) in [7, 11) is 0. The fourth-order valence-corrected chi connectivity index (χ4v) is 4.89. The number of carbonyl (C=O) groups is 2. The summed E-state index contributed by atoms with van der Waals surface area (Å²) in [4.78, 5) is 25.4. The number of carboxylic acids is 1. The summed E-state index contributed by atoms with van der Waals surface area (Å²) in [6.45, 7) is 1.27. The van der Waals surface area contributed by atoms with Crippen LogP contribution >= 0.6 is 11.3 Å². The second kappa shape index (κ2) is 6.92. The van der Waals surface area contributed by atoms with Gasteiger partial charge in [0.15, 0.2) is 0 Å². The van der Waals surface area contributed by atoms with Crippen molar-refractivity contribution in [3.63, 3.8) is 0 Å². The van der Waals surface area contributed by atoms with Gasteiger partial charge in [0, 0.05) is 24.9 Å². The molecule has 3 rings (SSSR count). The third kappa shape index (κ3) is 3.10. The van der Waals surface area contributed by atoms with E-state index in [4.69, 9.17) is 0 Å². The highest BCUT2D eigenvalue weighted by Gasteiger charge is 2.42. The van der Waals surface area contributed by atoms with E-state index in [1.165, 1.54) is 12.0 Å². The van der Waals surface area contributed by atoms with Crippen LogP contribution in [0, 0.1) is 11.8 Å². The first-order valence-electron chi connectivity index (χ1n) is 8.15. The Bertz CT molecular complexity index is 510. The average Bonchev–Trinajstić information content (AvgIpc) is 3.17. The highest BCUT2D eigenvalue weighted by atomic mass is 32.1. The van der Waals surface area contributed by atoms with Crippen LogP contribution in [0.15, 0.2) is 16.8 Å². The third-order valence-electron chi connectivity index (χ3n) is 5.28. The maximum Gasteiger partial charge on any atom is 0.321 e. The van der Waals surface area contributed by atoms with E-state index in [2.05, 4.69) is 16.3 Å². The Morgan fingerprint density at radius 2 is 2.09 bits per heavy atom. The second-order valence-electron chi connectivity index (χ2n) is 6.60. The number of likely N-dealkylation sites (tertiary alicyclic amines) is 1. The molecule has 0 bridgehead atoms. The zero-order valence-electron chi connectivity index (χ0n) is 12.7. The van der Waals surface area contributed by atoms with Gasteiger partial charge in [-0.1, -0.05) is 19.3 Å². The smallest absolute Gasteiger partial charge is 0.321 e. The maximum absolute atomic E-state index is 11.8. The van der Waals surface area contributed by atoms with Gasteiger partial charge in [0.2, 0.25) is 0 Å². The van der Waals surface area contributed by atoms with Crippen molar-refractivity contribution in [2.24, 2.45) is 11.8 Å². The Morgan fingerprint density at radius 3 is 2.68 bits per heavy atom. The van der Waals surface area contributed by atoms with Crippen LogP contribution in [0.2, 0.25) is 0 Å². The highest BCUT2D eigenvalue weighted by molar-refractivity contribution is 7.08. The molecule has 120 valence electrons. The number of hydrogen-bond donors (Lipinski definition) is 1. The van der Waals surface area contributed by atoms with Gasteiger partial charge in [0.05, 0.1) is 0 Å². The topological polar surface area (TPSA) is 57.6 Å². The molecule has 22 heavy (non-hydrogen) atoms. The summed E-state index contributed by atoms with van der Waals surface area (Å²) < 4.78 is 0.